The first-order chi connectivity index (χ1) is 13.7. The summed E-state index contributed by atoms with van der Waals surface area (Å²) >= 11 is 0. The van der Waals surface area contributed by atoms with E-state index in [1.165, 1.54) is 0 Å². The lowest BCUT2D eigenvalue weighted by molar-refractivity contribution is 0.0415. The van der Waals surface area contributed by atoms with Crippen LogP contribution >= 0.6 is 0 Å². The van der Waals surface area contributed by atoms with E-state index in [1.807, 2.05) is 48.5 Å². The highest BCUT2D eigenvalue weighted by Gasteiger charge is 2.30. The lowest BCUT2D eigenvalue weighted by Gasteiger charge is -2.31. The van der Waals surface area contributed by atoms with E-state index in [4.69, 9.17) is 9.47 Å². The van der Waals surface area contributed by atoms with Crippen LogP contribution in [0.5, 0.6) is 5.75 Å². The second-order valence-corrected chi connectivity index (χ2v) is 7.61. The molecular weight excluding hydrogens is 352 g/mol. The predicted molar refractivity (Wildman–Crippen MR) is 110 cm³/mol. The van der Waals surface area contributed by atoms with Crippen molar-refractivity contribution in [1.29, 1.82) is 0 Å². The number of nitrogens with one attached hydrogen (secondary N) is 1. The van der Waals surface area contributed by atoms with Crippen molar-refractivity contribution in [3.8, 4) is 16.9 Å². The van der Waals surface area contributed by atoms with Crippen LogP contribution in [0, 0.1) is 0 Å². The molecule has 2 aliphatic rings. The molecule has 5 heteroatoms. The van der Waals surface area contributed by atoms with Crippen molar-refractivity contribution in [2.45, 2.75) is 31.3 Å². The molecular formula is C23H28N2O3. The Kier molecular flexibility index (Phi) is 5.93. The number of ether oxygens (including phenoxy) is 2. The lowest BCUT2D eigenvalue weighted by atomic mass is 10.0. The van der Waals surface area contributed by atoms with E-state index < -0.39 is 0 Å². The Bertz CT molecular complexity index is 800. The fraction of sp³-hybridized carbons (Fsp3) is 0.435. The van der Waals surface area contributed by atoms with E-state index in [2.05, 4.69) is 10.2 Å². The third-order valence-electron chi connectivity index (χ3n) is 5.81. The summed E-state index contributed by atoms with van der Waals surface area (Å²) < 4.78 is 10.7. The molecule has 1 amide bonds. The second-order valence-electron chi connectivity index (χ2n) is 7.61. The van der Waals surface area contributed by atoms with Gasteiger partial charge in [-0.05, 0) is 54.7 Å². The number of nitrogens with zero attached hydrogens (tertiary/aromatic N) is 1. The Hall–Kier alpha value is -2.37. The van der Waals surface area contributed by atoms with Gasteiger partial charge in [0.05, 0.1) is 7.11 Å². The van der Waals surface area contributed by atoms with Crippen molar-refractivity contribution in [3.05, 3.63) is 54.1 Å². The molecule has 2 aliphatic heterocycles. The third kappa shape index (κ3) is 4.37. The van der Waals surface area contributed by atoms with Gasteiger partial charge in [-0.3, -0.25) is 9.69 Å². The van der Waals surface area contributed by atoms with Crippen LogP contribution in [0.15, 0.2) is 48.5 Å². The van der Waals surface area contributed by atoms with Gasteiger partial charge in [0.15, 0.2) is 0 Å². The highest BCUT2D eigenvalue weighted by atomic mass is 16.5. The number of likely N-dealkylation sites (tertiary alicyclic amines) is 1. The Morgan fingerprint density at radius 3 is 2.61 bits per heavy atom. The predicted octanol–water partition coefficient (Wildman–Crippen LogP) is 3.35. The summed E-state index contributed by atoms with van der Waals surface area (Å²) in [5.74, 6) is 0.839. The molecule has 1 unspecified atom stereocenters. The molecule has 2 heterocycles. The number of methoxy groups -OCH3 is 1. The lowest BCUT2D eigenvalue weighted by Crippen LogP contribution is -2.41. The molecule has 0 saturated carbocycles. The molecule has 2 aromatic rings. The Labute approximate surface area is 166 Å². The number of amides is 1. The highest BCUT2D eigenvalue weighted by molar-refractivity contribution is 5.94. The molecule has 2 fully saturated rings. The van der Waals surface area contributed by atoms with Gasteiger partial charge in [-0.15, -0.1) is 0 Å². The summed E-state index contributed by atoms with van der Waals surface area (Å²) in [7, 11) is 1.67. The quantitative estimate of drug-likeness (QED) is 0.864. The van der Waals surface area contributed by atoms with E-state index in [0.717, 1.165) is 62.4 Å². The molecule has 1 N–H and O–H groups in total. The Morgan fingerprint density at radius 1 is 1.07 bits per heavy atom. The van der Waals surface area contributed by atoms with E-state index >= 15 is 0 Å². The summed E-state index contributed by atoms with van der Waals surface area (Å²) in [4.78, 5) is 15.2. The van der Waals surface area contributed by atoms with Crippen LogP contribution in [0.3, 0.4) is 0 Å². The molecule has 0 aromatic heterocycles. The van der Waals surface area contributed by atoms with E-state index in [1.54, 1.807) is 7.11 Å². The first-order valence-electron chi connectivity index (χ1n) is 10.1. The molecule has 148 valence electrons. The van der Waals surface area contributed by atoms with Gasteiger partial charge in [0.25, 0.3) is 5.91 Å². The molecule has 2 aromatic carbocycles. The SMILES string of the molecule is COc1cccc(-c2ccc(C(=O)NC3CCN(C4CCOCC4)C3)cc2)c1. The van der Waals surface area contributed by atoms with Crippen molar-refractivity contribution in [1.82, 2.24) is 10.2 Å². The van der Waals surface area contributed by atoms with Gasteiger partial charge >= 0.3 is 0 Å². The van der Waals surface area contributed by atoms with Crippen molar-refractivity contribution in [2.24, 2.45) is 0 Å². The molecule has 0 aliphatic carbocycles. The number of benzene rings is 2. The monoisotopic (exact) mass is 380 g/mol. The standard InChI is InChI=1S/C23H28N2O3/c1-27-22-4-2-3-19(15-22)17-5-7-18(8-6-17)23(26)24-20-9-12-25(16-20)21-10-13-28-14-11-21/h2-8,15,20-21H,9-14,16H2,1H3,(H,24,26). The molecule has 5 nitrogen and oxygen atoms in total. The third-order valence-corrected chi connectivity index (χ3v) is 5.81. The number of rotatable bonds is 5. The van der Waals surface area contributed by atoms with Crippen LogP contribution in [0.25, 0.3) is 11.1 Å². The van der Waals surface area contributed by atoms with Crippen molar-refractivity contribution < 1.29 is 14.3 Å². The van der Waals surface area contributed by atoms with Crippen molar-refractivity contribution >= 4 is 5.91 Å². The average molecular weight is 380 g/mol. The van der Waals surface area contributed by atoms with Crippen LogP contribution in [-0.2, 0) is 4.74 Å². The van der Waals surface area contributed by atoms with Crippen LogP contribution in [0.1, 0.15) is 29.6 Å². The van der Waals surface area contributed by atoms with Crippen molar-refractivity contribution in [3.63, 3.8) is 0 Å². The molecule has 4 rings (SSSR count). The van der Waals surface area contributed by atoms with Gasteiger partial charge in [-0.1, -0.05) is 24.3 Å². The molecule has 0 bridgehead atoms. The highest BCUT2D eigenvalue weighted by Crippen LogP contribution is 2.24. The first kappa shape index (κ1) is 19.0. The Balaban J connectivity index is 1.35. The summed E-state index contributed by atoms with van der Waals surface area (Å²) in [5.41, 5.74) is 2.85. The molecule has 0 spiro atoms. The normalized spacial score (nSPS) is 20.8. The van der Waals surface area contributed by atoms with Crippen LogP contribution in [-0.4, -0.2) is 56.3 Å². The number of carbonyl (C=O) groups excluding carboxylic acids is 1. The summed E-state index contributed by atoms with van der Waals surface area (Å²) in [6.07, 6.45) is 3.23. The number of carbonyl (C=O) groups is 1. The van der Waals surface area contributed by atoms with Gasteiger partial charge in [-0.25, -0.2) is 0 Å². The smallest absolute Gasteiger partial charge is 0.251 e. The molecule has 1 atom stereocenters. The average Bonchev–Trinajstić information content (AvgIpc) is 3.23. The first-order valence-corrected chi connectivity index (χ1v) is 10.1. The van der Waals surface area contributed by atoms with E-state index in [0.29, 0.717) is 11.6 Å². The van der Waals surface area contributed by atoms with E-state index in [9.17, 15) is 4.79 Å². The fourth-order valence-electron chi connectivity index (χ4n) is 4.17. The molecule has 0 radical (unpaired) electrons. The fourth-order valence-corrected chi connectivity index (χ4v) is 4.17. The van der Waals surface area contributed by atoms with Gasteiger partial charge in [0, 0.05) is 44.0 Å². The Morgan fingerprint density at radius 2 is 1.86 bits per heavy atom. The van der Waals surface area contributed by atoms with Crippen molar-refractivity contribution in [2.75, 3.05) is 33.4 Å². The summed E-state index contributed by atoms with van der Waals surface area (Å²) in [6, 6.07) is 16.6. The van der Waals surface area contributed by atoms with Crippen LogP contribution in [0.4, 0.5) is 0 Å². The van der Waals surface area contributed by atoms with Gasteiger partial charge in [0.2, 0.25) is 0 Å². The number of hydrogen-bond acceptors (Lipinski definition) is 4. The molecule has 2 saturated heterocycles. The minimum absolute atomic E-state index is 0.0102. The summed E-state index contributed by atoms with van der Waals surface area (Å²) in [6.45, 7) is 3.72. The van der Waals surface area contributed by atoms with Crippen LogP contribution in [0.2, 0.25) is 0 Å². The minimum Gasteiger partial charge on any atom is -0.497 e. The maximum Gasteiger partial charge on any atom is 0.251 e. The molecule has 28 heavy (non-hydrogen) atoms. The van der Waals surface area contributed by atoms with Gasteiger partial charge < -0.3 is 14.8 Å². The maximum atomic E-state index is 12.7. The van der Waals surface area contributed by atoms with Gasteiger partial charge in [0.1, 0.15) is 5.75 Å². The minimum atomic E-state index is 0.0102. The summed E-state index contributed by atoms with van der Waals surface area (Å²) in [5, 5.41) is 3.21. The zero-order valence-electron chi connectivity index (χ0n) is 16.4. The van der Waals surface area contributed by atoms with E-state index in [-0.39, 0.29) is 11.9 Å². The second kappa shape index (κ2) is 8.76. The zero-order valence-corrected chi connectivity index (χ0v) is 16.4. The van der Waals surface area contributed by atoms with Gasteiger partial charge in [-0.2, -0.15) is 0 Å². The van der Waals surface area contributed by atoms with Crippen LogP contribution < -0.4 is 10.1 Å². The zero-order chi connectivity index (χ0) is 19.3. The largest absolute Gasteiger partial charge is 0.497 e. The topological polar surface area (TPSA) is 50.8 Å². The number of hydrogen-bond donors (Lipinski definition) is 1. The maximum absolute atomic E-state index is 12.7.